The first kappa shape index (κ1) is 22.1. The first-order chi connectivity index (χ1) is 9.51. The number of hydrogen-bond acceptors (Lipinski definition) is 4. The van der Waals surface area contributed by atoms with Crippen molar-refractivity contribution in [2.45, 2.75) is 78.4 Å². The monoisotopic (exact) mass is 292 g/mol. The Morgan fingerprint density at radius 2 is 0.950 bits per heavy atom. The number of aliphatic hydroxyl groups excluding tert-OH is 4. The Morgan fingerprint density at radius 1 is 0.650 bits per heavy atom. The van der Waals surface area contributed by atoms with Crippen LogP contribution in [0.3, 0.4) is 0 Å². The molecule has 0 bridgehead atoms. The summed E-state index contributed by atoms with van der Waals surface area (Å²) in [5.74, 6) is 0.167. The van der Waals surface area contributed by atoms with Gasteiger partial charge in [0.2, 0.25) is 0 Å². The van der Waals surface area contributed by atoms with E-state index in [1.807, 2.05) is 27.7 Å². The highest BCUT2D eigenvalue weighted by Gasteiger charge is 2.15. The van der Waals surface area contributed by atoms with E-state index in [-0.39, 0.29) is 37.3 Å². The lowest BCUT2D eigenvalue weighted by Gasteiger charge is -2.17. The van der Waals surface area contributed by atoms with Gasteiger partial charge < -0.3 is 20.4 Å². The molecule has 4 N–H and O–H groups in total. The van der Waals surface area contributed by atoms with Crippen molar-refractivity contribution in [3.8, 4) is 0 Å². The molecule has 0 aromatic carbocycles. The van der Waals surface area contributed by atoms with Gasteiger partial charge in [0.25, 0.3) is 0 Å². The Morgan fingerprint density at radius 3 is 1.10 bits per heavy atom. The van der Waals surface area contributed by atoms with E-state index >= 15 is 0 Å². The maximum atomic E-state index is 9.35. The zero-order valence-corrected chi connectivity index (χ0v) is 13.8. The fraction of sp³-hybridized carbons (Fsp3) is 1.00. The highest BCUT2D eigenvalue weighted by molar-refractivity contribution is 4.66. The molecule has 0 radical (unpaired) electrons. The van der Waals surface area contributed by atoms with Crippen LogP contribution >= 0.6 is 0 Å². The SMILES string of the molecule is CCCC(O)C(CC)CO.CCCC(O)C(CC)CO. The van der Waals surface area contributed by atoms with Crippen molar-refractivity contribution >= 4 is 0 Å². The average molecular weight is 292 g/mol. The molecule has 0 saturated carbocycles. The van der Waals surface area contributed by atoms with Gasteiger partial charge in [0.05, 0.1) is 12.2 Å². The molecular weight excluding hydrogens is 256 g/mol. The topological polar surface area (TPSA) is 80.9 Å². The summed E-state index contributed by atoms with van der Waals surface area (Å²) in [4.78, 5) is 0. The van der Waals surface area contributed by atoms with Crippen LogP contribution in [0.1, 0.15) is 66.2 Å². The second-order valence-corrected chi connectivity index (χ2v) is 5.41. The summed E-state index contributed by atoms with van der Waals surface area (Å²) in [6, 6.07) is 0. The minimum atomic E-state index is -0.306. The molecule has 0 spiro atoms. The van der Waals surface area contributed by atoms with Gasteiger partial charge in [-0.05, 0) is 25.7 Å². The minimum Gasteiger partial charge on any atom is -0.396 e. The predicted molar refractivity (Wildman–Crippen MR) is 83.6 cm³/mol. The van der Waals surface area contributed by atoms with Crippen molar-refractivity contribution in [1.29, 1.82) is 0 Å². The predicted octanol–water partition coefficient (Wildman–Crippen LogP) is 2.33. The normalized spacial score (nSPS) is 16.8. The molecule has 20 heavy (non-hydrogen) atoms. The van der Waals surface area contributed by atoms with Gasteiger partial charge >= 0.3 is 0 Å². The fourth-order valence-corrected chi connectivity index (χ4v) is 2.11. The Kier molecular flexibility index (Phi) is 16.9. The quantitative estimate of drug-likeness (QED) is 0.498. The van der Waals surface area contributed by atoms with Crippen molar-refractivity contribution in [3.63, 3.8) is 0 Å². The van der Waals surface area contributed by atoms with Gasteiger partial charge in [0.15, 0.2) is 0 Å². The van der Waals surface area contributed by atoms with E-state index in [4.69, 9.17) is 10.2 Å². The van der Waals surface area contributed by atoms with Crippen molar-refractivity contribution in [2.24, 2.45) is 11.8 Å². The molecule has 0 aliphatic rings. The van der Waals surface area contributed by atoms with Crippen LogP contribution in [0.2, 0.25) is 0 Å². The third-order valence-electron chi connectivity index (χ3n) is 3.77. The van der Waals surface area contributed by atoms with E-state index in [9.17, 15) is 10.2 Å². The average Bonchev–Trinajstić information content (AvgIpc) is 2.43. The summed E-state index contributed by atoms with van der Waals surface area (Å²) in [6.45, 7) is 8.26. The molecule has 4 atom stereocenters. The lowest BCUT2D eigenvalue weighted by molar-refractivity contribution is 0.0580. The molecule has 0 aliphatic carbocycles. The van der Waals surface area contributed by atoms with Gasteiger partial charge in [-0.2, -0.15) is 0 Å². The minimum absolute atomic E-state index is 0.0833. The zero-order valence-electron chi connectivity index (χ0n) is 13.8. The molecule has 0 saturated heterocycles. The third kappa shape index (κ3) is 10.6. The molecule has 4 unspecified atom stereocenters. The number of aliphatic hydroxyl groups is 4. The first-order valence-corrected chi connectivity index (χ1v) is 8.09. The van der Waals surface area contributed by atoms with Gasteiger partial charge in [0, 0.05) is 25.0 Å². The Labute approximate surface area is 124 Å². The van der Waals surface area contributed by atoms with Crippen LogP contribution in [0.5, 0.6) is 0 Å². The molecule has 4 heteroatoms. The molecule has 0 heterocycles. The highest BCUT2D eigenvalue weighted by Crippen LogP contribution is 2.12. The van der Waals surface area contributed by atoms with Gasteiger partial charge in [-0.15, -0.1) is 0 Å². The largest absolute Gasteiger partial charge is 0.396 e. The van der Waals surface area contributed by atoms with Crippen LogP contribution in [0, 0.1) is 11.8 Å². The smallest absolute Gasteiger partial charge is 0.0590 e. The lowest BCUT2D eigenvalue weighted by Crippen LogP contribution is -2.22. The van der Waals surface area contributed by atoms with E-state index in [1.165, 1.54) is 0 Å². The maximum Gasteiger partial charge on any atom is 0.0590 e. The number of hydrogen-bond donors (Lipinski definition) is 4. The summed E-state index contributed by atoms with van der Waals surface area (Å²) in [6.07, 6.45) is 4.68. The van der Waals surface area contributed by atoms with Crippen molar-refractivity contribution in [3.05, 3.63) is 0 Å². The summed E-state index contributed by atoms with van der Waals surface area (Å²) in [5, 5.41) is 36.2. The lowest BCUT2D eigenvalue weighted by atomic mass is 9.97. The van der Waals surface area contributed by atoms with E-state index < -0.39 is 0 Å². The summed E-state index contributed by atoms with van der Waals surface area (Å²) >= 11 is 0. The van der Waals surface area contributed by atoms with Crippen LogP contribution in [-0.2, 0) is 0 Å². The molecule has 0 amide bonds. The van der Waals surface area contributed by atoms with E-state index in [2.05, 4.69) is 0 Å². The molecule has 0 aliphatic heterocycles. The second kappa shape index (κ2) is 15.2. The van der Waals surface area contributed by atoms with Crippen LogP contribution in [0.4, 0.5) is 0 Å². The van der Waals surface area contributed by atoms with Crippen molar-refractivity contribution in [1.82, 2.24) is 0 Å². The Balaban J connectivity index is 0. The van der Waals surface area contributed by atoms with E-state index in [0.717, 1.165) is 38.5 Å². The molecular formula is C16H36O4. The van der Waals surface area contributed by atoms with Crippen LogP contribution in [-0.4, -0.2) is 45.8 Å². The number of rotatable bonds is 10. The van der Waals surface area contributed by atoms with Crippen molar-refractivity contribution < 1.29 is 20.4 Å². The van der Waals surface area contributed by atoms with Gasteiger partial charge in [-0.3, -0.25) is 0 Å². The maximum absolute atomic E-state index is 9.35. The van der Waals surface area contributed by atoms with Gasteiger partial charge in [-0.25, -0.2) is 0 Å². The Bertz CT molecular complexity index is 159. The molecule has 0 fully saturated rings. The van der Waals surface area contributed by atoms with Gasteiger partial charge in [0.1, 0.15) is 0 Å². The van der Waals surface area contributed by atoms with Crippen molar-refractivity contribution in [2.75, 3.05) is 13.2 Å². The Hall–Kier alpha value is -0.160. The molecule has 0 aromatic heterocycles. The summed E-state index contributed by atoms with van der Waals surface area (Å²) in [5.41, 5.74) is 0. The second-order valence-electron chi connectivity index (χ2n) is 5.41. The molecule has 4 nitrogen and oxygen atoms in total. The van der Waals surface area contributed by atoms with Gasteiger partial charge in [-0.1, -0.05) is 40.5 Å². The fourth-order valence-electron chi connectivity index (χ4n) is 2.11. The first-order valence-electron chi connectivity index (χ1n) is 8.09. The summed E-state index contributed by atoms with van der Waals surface area (Å²) in [7, 11) is 0. The van der Waals surface area contributed by atoms with Crippen LogP contribution in [0.25, 0.3) is 0 Å². The highest BCUT2D eigenvalue weighted by atomic mass is 16.3. The molecule has 0 aromatic rings. The zero-order chi connectivity index (χ0) is 16.0. The molecule has 124 valence electrons. The summed E-state index contributed by atoms with van der Waals surface area (Å²) < 4.78 is 0. The third-order valence-corrected chi connectivity index (χ3v) is 3.77. The molecule has 0 rings (SSSR count). The van der Waals surface area contributed by atoms with Crippen LogP contribution in [0.15, 0.2) is 0 Å². The standard InChI is InChI=1S/2C8H18O2/c2*1-3-5-8(10)7(4-2)6-9/h2*7-10H,3-6H2,1-2H3. The van der Waals surface area contributed by atoms with E-state index in [1.54, 1.807) is 0 Å². The van der Waals surface area contributed by atoms with Crippen LogP contribution < -0.4 is 0 Å². The van der Waals surface area contributed by atoms with E-state index in [0.29, 0.717) is 0 Å².